The summed E-state index contributed by atoms with van der Waals surface area (Å²) in [5, 5.41) is 0.485. The second-order valence-electron chi connectivity index (χ2n) is 4.49. The molecular weight excluding hydrogens is 343 g/mol. The fourth-order valence-electron chi connectivity index (χ4n) is 2.03. The van der Waals surface area contributed by atoms with Crippen LogP contribution in [0.2, 0.25) is 10.0 Å². The van der Waals surface area contributed by atoms with Gasteiger partial charge in [-0.05, 0) is 18.2 Å². The van der Waals surface area contributed by atoms with Crippen LogP contribution >= 0.6 is 23.2 Å². The molecule has 0 amide bonds. The standard InChI is InChI=1S/C15H10Cl2N2O2S/c16-13-7-6-12(10-14(13)17)22(20,21)19-9-8-18-15(19)11-4-2-1-3-5-11/h1-10H. The highest BCUT2D eigenvalue weighted by Gasteiger charge is 2.21. The van der Waals surface area contributed by atoms with E-state index in [1.807, 2.05) is 18.2 Å². The summed E-state index contributed by atoms with van der Waals surface area (Å²) in [6.45, 7) is 0. The number of hydrogen-bond acceptors (Lipinski definition) is 3. The lowest BCUT2D eigenvalue weighted by Gasteiger charge is -2.10. The first-order valence-electron chi connectivity index (χ1n) is 6.29. The SMILES string of the molecule is O=S(=O)(c1ccc(Cl)c(Cl)c1)n1ccnc1-c1ccccc1. The second-order valence-corrected chi connectivity index (χ2v) is 7.12. The molecule has 0 atom stereocenters. The van der Waals surface area contributed by atoms with Crippen molar-refractivity contribution in [3.05, 3.63) is 71.0 Å². The number of rotatable bonds is 3. The van der Waals surface area contributed by atoms with Gasteiger partial charge in [0.25, 0.3) is 10.0 Å². The monoisotopic (exact) mass is 352 g/mol. The fraction of sp³-hybridized carbons (Fsp3) is 0. The van der Waals surface area contributed by atoms with Gasteiger partial charge in [-0.15, -0.1) is 0 Å². The van der Waals surface area contributed by atoms with Gasteiger partial charge in [0.2, 0.25) is 0 Å². The molecule has 1 heterocycles. The molecule has 0 aliphatic carbocycles. The van der Waals surface area contributed by atoms with Crippen LogP contribution in [0.25, 0.3) is 11.4 Å². The maximum absolute atomic E-state index is 12.8. The molecule has 112 valence electrons. The van der Waals surface area contributed by atoms with E-state index in [4.69, 9.17) is 23.2 Å². The van der Waals surface area contributed by atoms with E-state index in [2.05, 4.69) is 4.98 Å². The summed E-state index contributed by atoms with van der Waals surface area (Å²) in [7, 11) is -3.80. The first-order chi connectivity index (χ1) is 10.5. The third-order valence-electron chi connectivity index (χ3n) is 3.09. The first-order valence-corrected chi connectivity index (χ1v) is 8.49. The molecule has 0 unspecified atom stereocenters. The Balaban J connectivity index is 2.15. The Labute approximate surface area is 138 Å². The highest BCUT2D eigenvalue weighted by Crippen LogP contribution is 2.28. The molecule has 0 aliphatic heterocycles. The van der Waals surface area contributed by atoms with Crippen LogP contribution in [0.15, 0.2) is 65.8 Å². The van der Waals surface area contributed by atoms with Gasteiger partial charge >= 0.3 is 0 Å². The van der Waals surface area contributed by atoms with Crippen molar-refractivity contribution in [1.29, 1.82) is 0 Å². The fourth-order valence-corrected chi connectivity index (χ4v) is 3.72. The van der Waals surface area contributed by atoms with Gasteiger partial charge in [-0.2, -0.15) is 0 Å². The van der Waals surface area contributed by atoms with Crippen LogP contribution in [-0.4, -0.2) is 17.4 Å². The van der Waals surface area contributed by atoms with E-state index in [9.17, 15) is 8.42 Å². The van der Waals surface area contributed by atoms with Gasteiger partial charge in [-0.25, -0.2) is 17.4 Å². The molecule has 0 saturated heterocycles. The van der Waals surface area contributed by atoms with Crippen molar-refractivity contribution in [3.63, 3.8) is 0 Å². The van der Waals surface area contributed by atoms with Crippen LogP contribution in [0.5, 0.6) is 0 Å². The molecule has 4 nitrogen and oxygen atoms in total. The third-order valence-corrected chi connectivity index (χ3v) is 5.49. The summed E-state index contributed by atoms with van der Waals surface area (Å²) >= 11 is 11.8. The highest BCUT2D eigenvalue weighted by molar-refractivity contribution is 7.90. The Morgan fingerprint density at radius 3 is 2.36 bits per heavy atom. The minimum absolute atomic E-state index is 0.0529. The Morgan fingerprint density at radius 2 is 1.68 bits per heavy atom. The Hall–Kier alpha value is -1.82. The minimum atomic E-state index is -3.80. The van der Waals surface area contributed by atoms with Gasteiger partial charge in [0, 0.05) is 18.0 Å². The van der Waals surface area contributed by atoms with Gasteiger partial charge in [-0.1, -0.05) is 53.5 Å². The number of nitrogens with zero attached hydrogens (tertiary/aromatic N) is 2. The zero-order valence-corrected chi connectivity index (χ0v) is 13.5. The molecule has 0 aliphatic rings. The van der Waals surface area contributed by atoms with Crippen molar-refractivity contribution in [1.82, 2.24) is 8.96 Å². The molecule has 0 spiro atoms. The minimum Gasteiger partial charge on any atom is -0.236 e. The number of benzene rings is 2. The van der Waals surface area contributed by atoms with Crippen LogP contribution in [0.1, 0.15) is 0 Å². The molecule has 0 saturated carbocycles. The summed E-state index contributed by atoms with van der Waals surface area (Å²) in [6.07, 6.45) is 2.84. The van der Waals surface area contributed by atoms with Crippen molar-refractivity contribution in [3.8, 4) is 11.4 Å². The highest BCUT2D eigenvalue weighted by atomic mass is 35.5. The summed E-state index contributed by atoms with van der Waals surface area (Å²) < 4.78 is 26.7. The average Bonchev–Trinajstić information content (AvgIpc) is 3.01. The van der Waals surface area contributed by atoms with E-state index < -0.39 is 10.0 Å². The zero-order chi connectivity index (χ0) is 15.7. The molecule has 2 aromatic carbocycles. The molecule has 1 aromatic heterocycles. The number of aromatic nitrogens is 2. The quantitative estimate of drug-likeness (QED) is 0.713. The first kappa shape index (κ1) is 15.1. The topological polar surface area (TPSA) is 52.0 Å². The second kappa shape index (κ2) is 5.76. The van der Waals surface area contributed by atoms with E-state index in [0.717, 1.165) is 3.97 Å². The lowest BCUT2D eigenvalue weighted by atomic mass is 10.2. The lowest BCUT2D eigenvalue weighted by molar-refractivity contribution is 0.588. The molecule has 0 bridgehead atoms. The largest absolute Gasteiger partial charge is 0.269 e. The maximum atomic E-state index is 12.8. The van der Waals surface area contributed by atoms with Crippen molar-refractivity contribution in [2.75, 3.05) is 0 Å². The zero-order valence-electron chi connectivity index (χ0n) is 11.1. The molecule has 22 heavy (non-hydrogen) atoms. The Morgan fingerprint density at radius 1 is 0.955 bits per heavy atom. The Kier molecular flexibility index (Phi) is 3.95. The summed E-state index contributed by atoms with van der Waals surface area (Å²) in [4.78, 5) is 4.20. The smallest absolute Gasteiger partial charge is 0.236 e. The van der Waals surface area contributed by atoms with E-state index in [1.54, 1.807) is 12.1 Å². The van der Waals surface area contributed by atoms with Crippen LogP contribution in [-0.2, 0) is 10.0 Å². The molecular formula is C15H10Cl2N2O2S. The van der Waals surface area contributed by atoms with Crippen LogP contribution < -0.4 is 0 Å². The van der Waals surface area contributed by atoms with E-state index in [0.29, 0.717) is 16.4 Å². The van der Waals surface area contributed by atoms with Gasteiger partial charge in [0.05, 0.1) is 14.9 Å². The molecule has 0 N–H and O–H groups in total. The predicted octanol–water partition coefficient (Wildman–Crippen LogP) is 4.09. The van der Waals surface area contributed by atoms with E-state index in [1.165, 1.54) is 30.6 Å². The maximum Gasteiger partial charge on any atom is 0.269 e. The predicted molar refractivity (Wildman–Crippen MR) is 86.7 cm³/mol. The van der Waals surface area contributed by atoms with Crippen molar-refractivity contribution < 1.29 is 8.42 Å². The normalized spacial score (nSPS) is 11.5. The van der Waals surface area contributed by atoms with Crippen LogP contribution in [0.3, 0.4) is 0 Å². The summed E-state index contributed by atoms with van der Waals surface area (Å²) in [5.41, 5.74) is 0.705. The molecule has 3 rings (SSSR count). The van der Waals surface area contributed by atoms with Gasteiger partial charge < -0.3 is 0 Å². The Bertz CT molecular complexity index is 922. The van der Waals surface area contributed by atoms with Crippen molar-refractivity contribution >= 4 is 33.2 Å². The number of halogens is 2. The van der Waals surface area contributed by atoms with Crippen molar-refractivity contribution in [2.45, 2.75) is 4.90 Å². The van der Waals surface area contributed by atoms with E-state index in [-0.39, 0.29) is 9.92 Å². The van der Waals surface area contributed by atoms with Gasteiger partial charge in [0.1, 0.15) is 0 Å². The molecule has 3 aromatic rings. The number of hydrogen-bond donors (Lipinski definition) is 0. The van der Waals surface area contributed by atoms with E-state index >= 15 is 0 Å². The van der Waals surface area contributed by atoms with Crippen molar-refractivity contribution in [2.24, 2.45) is 0 Å². The lowest BCUT2D eigenvalue weighted by Crippen LogP contribution is -2.13. The summed E-state index contributed by atoms with van der Waals surface area (Å²) in [5.74, 6) is 0.340. The molecule has 0 radical (unpaired) electrons. The molecule has 0 fully saturated rings. The summed E-state index contributed by atoms with van der Waals surface area (Å²) in [6, 6.07) is 13.3. The van der Waals surface area contributed by atoms with Crippen LogP contribution in [0, 0.1) is 0 Å². The third kappa shape index (κ3) is 2.63. The van der Waals surface area contributed by atoms with Gasteiger partial charge in [-0.3, -0.25) is 0 Å². The van der Waals surface area contributed by atoms with Gasteiger partial charge in [0.15, 0.2) is 5.82 Å². The number of imidazole rings is 1. The van der Waals surface area contributed by atoms with Crippen LogP contribution in [0.4, 0.5) is 0 Å². The molecule has 7 heteroatoms. The average molecular weight is 353 g/mol.